The number of fused-ring (bicyclic) bond motifs is 1. The number of amides is 2. The van der Waals surface area contributed by atoms with Crippen molar-refractivity contribution in [3.8, 4) is 11.5 Å². The zero-order valence-corrected chi connectivity index (χ0v) is 14.7. The maximum atomic E-state index is 12.2. The van der Waals surface area contributed by atoms with E-state index in [1.807, 2.05) is 0 Å². The summed E-state index contributed by atoms with van der Waals surface area (Å²) in [6.07, 6.45) is 0. The van der Waals surface area contributed by atoms with Gasteiger partial charge in [0.15, 0.2) is 11.5 Å². The predicted octanol–water partition coefficient (Wildman–Crippen LogP) is 3.07. The number of esters is 1. The molecule has 0 unspecified atom stereocenters. The van der Waals surface area contributed by atoms with Crippen molar-refractivity contribution < 1.29 is 23.8 Å². The van der Waals surface area contributed by atoms with E-state index >= 15 is 0 Å². The molecule has 8 heteroatoms. The highest BCUT2D eigenvalue weighted by atomic mass is 79.9. The molecule has 0 bridgehead atoms. The van der Waals surface area contributed by atoms with Crippen molar-refractivity contribution in [1.82, 2.24) is 0 Å². The molecule has 0 radical (unpaired) electrons. The minimum atomic E-state index is -0.703. The van der Waals surface area contributed by atoms with Gasteiger partial charge in [0, 0.05) is 15.7 Å². The van der Waals surface area contributed by atoms with Crippen LogP contribution in [0.5, 0.6) is 11.5 Å². The first-order valence-electron chi connectivity index (χ1n) is 7.44. The summed E-state index contributed by atoms with van der Waals surface area (Å²) in [6.45, 7) is 1.04. The molecule has 25 heavy (non-hydrogen) atoms. The van der Waals surface area contributed by atoms with Crippen LogP contribution in [-0.2, 0) is 11.3 Å². The number of nitrogens with two attached hydrogens (primary N) is 1. The van der Waals surface area contributed by atoms with Gasteiger partial charge in [0.2, 0.25) is 0 Å². The Hall–Kier alpha value is -2.74. The standard InChI is InChI=1S/C17H15BrN2O5/c18-13-8-15-14(23-4-5-24-15)7-11(13)9-25-16(21)10-2-1-3-12(6-10)20-17(19)22/h1-3,6-8H,4-5,9H2,(H3,19,20,22). The first-order chi connectivity index (χ1) is 12.0. The molecule has 0 aromatic heterocycles. The van der Waals surface area contributed by atoms with Gasteiger partial charge < -0.3 is 25.3 Å². The zero-order valence-electron chi connectivity index (χ0n) is 13.1. The first-order valence-corrected chi connectivity index (χ1v) is 8.24. The summed E-state index contributed by atoms with van der Waals surface area (Å²) >= 11 is 3.43. The summed E-state index contributed by atoms with van der Waals surface area (Å²) in [5, 5.41) is 2.41. The Labute approximate surface area is 152 Å². The van der Waals surface area contributed by atoms with Crippen LogP contribution in [0.25, 0.3) is 0 Å². The van der Waals surface area contributed by atoms with Gasteiger partial charge in [-0.3, -0.25) is 0 Å². The fourth-order valence-corrected chi connectivity index (χ4v) is 2.75. The number of hydrogen-bond acceptors (Lipinski definition) is 5. The Kier molecular flexibility index (Phi) is 5.08. The summed E-state index contributed by atoms with van der Waals surface area (Å²) < 4.78 is 17.1. The number of hydrogen-bond donors (Lipinski definition) is 2. The molecule has 0 aliphatic carbocycles. The summed E-state index contributed by atoms with van der Waals surface area (Å²) in [5.74, 6) is 0.751. The Morgan fingerprint density at radius 1 is 1.16 bits per heavy atom. The normalized spacial score (nSPS) is 12.4. The highest BCUT2D eigenvalue weighted by Gasteiger charge is 2.16. The van der Waals surface area contributed by atoms with Crippen molar-refractivity contribution in [2.75, 3.05) is 18.5 Å². The number of benzene rings is 2. The van der Waals surface area contributed by atoms with Crippen LogP contribution >= 0.6 is 15.9 Å². The lowest BCUT2D eigenvalue weighted by atomic mass is 10.2. The van der Waals surface area contributed by atoms with Crippen molar-refractivity contribution >= 4 is 33.6 Å². The number of carbonyl (C=O) groups excluding carboxylic acids is 2. The molecule has 130 valence electrons. The van der Waals surface area contributed by atoms with Gasteiger partial charge in [0.25, 0.3) is 0 Å². The number of anilines is 1. The molecule has 0 saturated heterocycles. The number of urea groups is 1. The van der Waals surface area contributed by atoms with E-state index in [4.69, 9.17) is 19.9 Å². The van der Waals surface area contributed by atoms with E-state index in [-0.39, 0.29) is 6.61 Å². The van der Waals surface area contributed by atoms with Gasteiger partial charge >= 0.3 is 12.0 Å². The van der Waals surface area contributed by atoms with E-state index in [9.17, 15) is 9.59 Å². The van der Waals surface area contributed by atoms with Crippen LogP contribution in [0.1, 0.15) is 15.9 Å². The fraction of sp³-hybridized carbons (Fsp3) is 0.176. The molecule has 0 saturated carbocycles. The van der Waals surface area contributed by atoms with Crippen molar-refractivity contribution in [1.29, 1.82) is 0 Å². The second kappa shape index (κ2) is 7.43. The van der Waals surface area contributed by atoms with Crippen molar-refractivity contribution in [2.24, 2.45) is 5.73 Å². The quantitative estimate of drug-likeness (QED) is 0.759. The lowest BCUT2D eigenvalue weighted by Gasteiger charge is -2.19. The molecule has 7 nitrogen and oxygen atoms in total. The zero-order chi connectivity index (χ0) is 17.8. The molecule has 2 aromatic rings. The minimum Gasteiger partial charge on any atom is -0.486 e. The molecular weight excluding hydrogens is 392 g/mol. The SMILES string of the molecule is NC(=O)Nc1cccc(C(=O)OCc2cc3c(cc2Br)OCCO3)c1. The number of nitrogens with one attached hydrogen (secondary N) is 1. The van der Waals surface area contributed by atoms with Crippen LogP contribution in [0, 0.1) is 0 Å². The van der Waals surface area contributed by atoms with Gasteiger partial charge in [-0.1, -0.05) is 22.0 Å². The summed E-state index contributed by atoms with van der Waals surface area (Å²) in [5.41, 5.74) is 6.54. The Bertz CT molecular complexity index is 825. The molecule has 1 aliphatic rings. The highest BCUT2D eigenvalue weighted by molar-refractivity contribution is 9.10. The van der Waals surface area contributed by atoms with E-state index in [0.29, 0.717) is 36.0 Å². The third-order valence-electron chi connectivity index (χ3n) is 3.44. The fourth-order valence-electron chi connectivity index (χ4n) is 2.31. The van der Waals surface area contributed by atoms with Crippen LogP contribution in [0.15, 0.2) is 40.9 Å². The first kappa shape index (κ1) is 17.1. The summed E-state index contributed by atoms with van der Waals surface area (Å²) in [6, 6.07) is 9.19. The highest BCUT2D eigenvalue weighted by Crippen LogP contribution is 2.35. The van der Waals surface area contributed by atoms with E-state index < -0.39 is 12.0 Å². The van der Waals surface area contributed by atoms with E-state index in [1.165, 1.54) is 6.07 Å². The molecule has 0 atom stereocenters. The molecule has 1 heterocycles. The van der Waals surface area contributed by atoms with E-state index in [0.717, 1.165) is 10.0 Å². The van der Waals surface area contributed by atoms with Gasteiger partial charge in [-0.2, -0.15) is 0 Å². The van der Waals surface area contributed by atoms with Crippen LogP contribution in [-0.4, -0.2) is 25.2 Å². The molecule has 2 aromatic carbocycles. The Morgan fingerprint density at radius 2 is 1.88 bits per heavy atom. The van der Waals surface area contributed by atoms with Crippen molar-refractivity contribution in [3.63, 3.8) is 0 Å². The predicted molar refractivity (Wildman–Crippen MR) is 93.9 cm³/mol. The van der Waals surface area contributed by atoms with Crippen LogP contribution < -0.4 is 20.5 Å². The number of carbonyl (C=O) groups is 2. The number of ether oxygens (including phenoxy) is 3. The van der Waals surface area contributed by atoms with Crippen LogP contribution in [0.3, 0.4) is 0 Å². The van der Waals surface area contributed by atoms with Crippen molar-refractivity contribution in [3.05, 3.63) is 52.0 Å². The lowest BCUT2D eigenvalue weighted by molar-refractivity contribution is 0.0471. The molecule has 0 fully saturated rings. The number of halogens is 1. The van der Waals surface area contributed by atoms with Gasteiger partial charge in [-0.25, -0.2) is 9.59 Å². The molecule has 0 spiro atoms. The molecule has 1 aliphatic heterocycles. The average Bonchev–Trinajstić information content (AvgIpc) is 2.59. The van der Waals surface area contributed by atoms with E-state index in [1.54, 1.807) is 30.3 Å². The number of primary amides is 1. The monoisotopic (exact) mass is 406 g/mol. The third-order valence-corrected chi connectivity index (χ3v) is 4.17. The molecule has 2 amide bonds. The van der Waals surface area contributed by atoms with Crippen molar-refractivity contribution in [2.45, 2.75) is 6.61 Å². The Morgan fingerprint density at radius 3 is 2.60 bits per heavy atom. The minimum absolute atomic E-state index is 0.0591. The third kappa shape index (κ3) is 4.21. The topological polar surface area (TPSA) is 99.9 Å². The van der Waals surface area contributed by atoms with Gasteiger partial charge in [0.05, 0.1) is 5.56 Å². The number of rotatable bonds is 4. The van der Waals surface area contributed by atoms with Gasteiger partial charge in [-0.15, -0.1) is 0 Å². The van der Waals surface area contributed by atoms with Gasteiger partial charge in [0.1, 0.15) is 19.8 Å². The second-order valence-electron chi connectivity index (χ2n) is 5.23. The molecular formula is C17H15BrN2O5. The van der Waals surface area contributed by atoms with E-state index in [2.05, 4.69) is 21.2 Å². The second-order valence-corrected chi connectivity index (χ2v) is 6.09. The maximum Gasteiger partial charge on any atom is 0.338 e. The summed E-state index contributed by atoms with van der Waals surface area (Å²) in [7, 11) is 0. The largest absolute Gasteiger partial charge is 0.486 e. The maximum absolute atomic E-state index is 12.2. The summed E-state index contributed by atoms with van der Waals surface area (Å²) in [4.78, 5) is 23.1. The molecule has 3 rings (SSSR count). The molecule has 3 N–H and O–H groups in total. The van der Waals surface area contributed by atoms with Crippen LogP contribution in [0.2, 0.25) is 0 Å². The Balaban J connectivity index is 1.69. The lowest BCUT2D eigenvalue weighted by Crippen LogP contribution is -2.19. The van der Waals surface area contributed by atoms with Crippen LogP contribution in [0.4, 0.5) is 10.5 Å². The average molecular weight is 407 g/mol. The smallest absolute Gasteiger partial charge is 0.338 e. The van der Waals surface area contributed by atoms with Gasteiger partial charge in [-0.05, 0) is 30.3 Å².